The first kappa shape index (κ1) is 16.7. The molecular weight excluding hydrogens is 328 g/mol. The van der Waals surface area contributed by atoms with Gasteiger partial charge in [-0.1, -0.05) is 30.3 Å². The number of aryl methyl sites for hydroxylation is 1. The standard InChI is InChI=1S/C19H22N6O/c1-14-18(10-17(11-20-14)26-16-8-9-25(2)12-16)23-19(21-13-22-24-19)15-6-4-3-5-7-15/h3-7,10-11,13,16,23H,8-9,12H2,1-2H3. The topological polar surface area (TPSA) is 74.5 Å². The molecule has 0 aliphatic carbocycles. The molecule has 0 saturated carbocycles. The molecule has 1 fully saturated rings. The maximum Gasteiger partial charge on any atom is 0.273 e. The SMILES string of the molecule is Cc1ncc(OC2CCN(C)C2)cc1NC1(c2ccccc2)N=CN=N1. The first-order valence-corrected chi connectivity index (χ1v) is 8.76. The lowest BCUT2D eigenvalue weighted by molar-refractivity contribution is 0.207. The van der Waals surface area contributed by atoms with Crippen LogP contribution in [-0.2, 0) is 5.79 Å². The third-order valence-electron chi connectivity index (χ3n) is 4.70. The summed E-state index contributed by atoms with van der Waals surface area (Å²) in [6, 6.07) is 11.8. The molecule has 2 unspecified atom stereocenters. The zero-order chi connectivity index (χ0) is 18.0. The zero-order valence-electron chi connectivity index (χ0n) is 15.0. The smallest absolute Gasteiger partial charge is 0.273 e. The minimum atomic E-state index is -0.958. The second-order valence-electron chi connectivity index (χ2n) is 6.72. The van der Waals surface area contributed by atoms with Crippen molar-refractivity contribution in [2.45, 2.75) is 25.2 Å². The van der Waals surface area contributed by atoms with Crippen molar-refractivity contribution in [1.82, 2.24) is 9.88 Å². The molecule has 2 aliphatic rings. The molecule has 7 heteroatoms. The quantitative estimate of drug-likeness (QED) is 0.899. The van der Waals surface area contributed by atoms with Crippen LogP contribution in [0, 0.1) is 6.92 Å². The molecule has 1 saturated heterocycles. The van der Waals surface area contributed by atoms with Gasteiger partial charge in [0.1, 0.15) is 18.2 Å². The zero-order valence-corrected chi connectivity index (χ0v) is 15.0. The van der Waals surface area contributed by atoms with Gasteiger partial charge in [0.25, 0.3) is 5.79 Å². The molecular formula is C19H22N6O. The van der Waals surface area contributed by atoms with Crippen LogP contribution in [0.3, 0.4) is 0 Å². The molecule has 3 heterocycles. The number of hydrogen-bond acceptors (Lipinski definition) is 7. The number of aliphatic imine (C=N–C) groups is 1. The number of likely N-dealkylation sites (tertiary alicyclic amines) is 1. The average molecular weight is 350 g/mol. The third-order valence-corrected chi connectivity index (χ3v) is 4.70. The minimum Gasteiger partial charge on any atom is -0.487 e. The number of pyridine rings is 1. The Hall–Kier alpha value is -2.80. The molecule has 7 nitrogen and oxygen atoms in total. The normalized spacial score (nSPS) is 24.9. The number of azo groups is 1. The number of hydrogen-bond donors (Lipinski definition) is 1. The molecule has 1 aromatic carbocycles. The summed E-state index contributed by atoms with van der Waals surface area (Å²) in [5.74, 6) is -0.208. The van der Waals surface area contributed by atoms with Gasteiger partial charge in [-0.25, -0.2) is 4.99 Å². The fourth-order valence-electron chi connectivity index (χ4n) is 3.25. The van der Waals surface area contributed by atoms with E-state index in [1.54, 1.807) is 6.20 Å². The summed E-state index contributed by atoms with van der Waals surface area (Å²) in [5, 5.41) is 11.7. The van der Waals surface area contributed by atoms with E-state index < -0.39 is 5.79 Å². The maximum absolute atomic E-state index is 6.11. The van der Waals surface area contributed by atoms with Crippen molar-refractivity contribution in [3.05, 3.63) is 53.9 Å². The van der Waals surface area contributed by atoms with Gasteiger partial charge in [0.2, 0.25) is 0 Å². The van der Waals surface area contributed by atoms with E-state index in [9.17, 15) is 0 Å². The molecule has 1 N–H and O–H groups in total. The average Bonchev–Trinajstić information content (AvgIpc) is 3.29. The second kappa shape index (κ2) is 6.84. The summed E-state index contributed by atoms with van der Waals surface area (Å²) >= 11 is 0. The molecule has 1 aromatic heterocycles. The fourth-order valence-corrected chi connectivity index (χ4v) is 3.25. The molecule has 2 aliphatic heterocycles. The summed E-state index contributed by atoms with van der Waals surface area (Å²) < 4.78 is 6.11. The van der Waals surface area contributed by atoms with Crippen LogP contribution in [0.2, 0.25) is 0 Å². The first-order valence-electron chi connectivity index (χ1n) is 8.76. The van der Waals surface area contributed by atoms with E-state index in [0.29, 0.717) is 0 Å². The van der Waals surface area contributed by atoms with E-state index in [1.807, 2.05) is 43.3 Å². The van der Waals surface area contributed by atoms with Crippen LogP contribution in [0.1, 0.15) is 17.7 Å². The predicted molar refractivity (Wildman–Crippen MR) is 101 cm³/mol. The van der Waals surface area contributed by atoms with Gasteiger partial charge in [0.15, 0.2) is 0 Å². The molecule has 0 bridgehead atoms. The highest BCUT2D eigenvalue weighted by atomic mass is 16.5. The van der Waals surface area contributed by atoms with Gasteiger partial charge in [0.05, 0.1) is 17.6 Å². The molecule has 2 aromatic rings. The predicted octanol–water partition coefficient (Wildman–Crippen LogP) is 3.19. The number of likely N-dealkylation sites (N-methyl/N-ethyl adjacent to an activating group) is 1. The third kappa shape index (κ3) is 3.30. The Labute approximate surface area is 152 Å². The molecule has 0 spiro atoms. The van der Waals surface area contributed by atoms with E-state index in [-0.39, 0.29) is 6.10 Å². The van der Waals surface area contributed by atoms with E-state index in [0.717, 1.165) is 42.2 Å². The second-order valence-corrected chi connectivity index (χ2v) is 6.72. The molecule has 134 valence electrons. The van der Waals surface area contributed by atoms with Gasteiger partial charge < -0.3 is 15.0 Å². The first-order chi connectivity index (χ1) is 12.6. The molecule has 4 rings (SSSR count). The lowest BCUT2D eigenvalue weighted by Crippen LogP contribution is -2.30. The van der Waals surface area contributed by atoms with Crippen molar-refractivity contribution < 1.29 is 4.74 Å². The van der Waals surface area contributed by atoms with Gasteiger partial charge in [-0.2, -0.15) is 0 Å². The summed E-state index contributed by atoms with van der Waals surface area (Å²) in [4.78, 5) is 11.2. The maximum atomic E-state index is 6.11. The van der Waals surface area contributed by atoms with Gasteiger partial charge in [-0.3, -0.25) is 4.98 Å². The van der Waals surface area contributed by atoms with Crippen LogP contribution >= 0.6 is 0 Å². The number of benzene rings is 1. The van der Waals surface area contributed by atoms with Crippen molar-refractivity contribution in [3.8, 4) is 5.75 Å². The van der Waals surface area contributed by atoms with Crippen LogP contribution in [0.25, 0.3) is 0 Å². The lowest BCUT2D eigenvalue weighted by atomic mass is 10.1. The summed E-state index contributed by atoms with van der Waals surface area (Å²) in [7, 11) is 2.11. The van der Waals surface area contributed by atoms with Crippen molar-refractivity contribution in [1.29, 1.82) is 0 Å². The number of nitrogens with zero attached hydrogens (tertiary/aromatic N) is 5. The Morgan fingerprint density at radius 3 is 2.81 bits per heavy atom. The highest BCUT2D eigenvalue weighted by Crippen LogP contribution is 2.34. The van der Waals surface area contributed by atoms with Crippen LogP contribution < -0.4 is 10.1 Å². The number of rotatable bonds is 5. The number of anilines is 1. The van der Waals surface area contributed by atoms with Crippen molar-refractivity contribution >= 4 is 12.0 Å². The fraction of sp³-hybridized carbons (Fsp3) is 0.368. The van der Waals surface area contributed by atoms with Crippen molar-refractivity contribution in [2.75, 3.05) is 25.5 Å². The summed E-state index contributed by atoms with van der Waals surface area (Å²) in [6.07, 6.45) is 4.47. The van der Waals surface area contributed by atoms with Crippen molar-refractivity contribution in [2.24, 2.45) is 15.2 Å². The number of aromatic nitrogens is 1. The van der Waals surface area contributed by atoms with Crippen LogP contribution in [0.15, 0.2) is 57.8 Å². The minimum absolute atomic E-state index is 0.199. The molecule has 0 amide bonds. The van der Waals surface area contributed by atoms with E-state index in [4.69, 9.17) is 4.74 Å². The number of ether oxygens (including phenoxy) is 1. The highest BCUT2D eigenvalue weighted by molar-refractivity contribution is 5.61. The molecule has 0 radical (unpaired) electrons. The van der Waals surface area contributed by atoms with Gasteiger partial charge in [0, 0.05) is 24.7 Å². The van der Waals surface area contributed by atoms with Crippen LogP contribution in [-0.4, -0.2) is 42.5 Å². The number of nitrogens with one attached hydrogen (secondary N) is 1. The summed E-state index contributed by atoms with van der Waals surface area (Å²) in [6.45, 7) is 3.94. The summed E-state index contributed by atoms with van der Waals surface area (Å²) in [5.41, 5.74) is 2.60. The Morgan fingerprint density at radius 2 is 2.12 bits per heavy atom. The van der Waals surface area contributed by atoms with E-state index >= 15 is 0 Å². The van der Waals surface area contributed by atoms with Crippen molar-refractivity contribution in [3.63, 3.8) is 0 Å². The Balaban J connectivity index is 1.60. The van der Waals surface area contributed by atoms with Gasteiger partial charge in [-0.15, -0.1) is 10.2 Å². The van der Waals surface area contributed by atoms with E-state index in [1.165, 1.54) is 6.34 Å². The highest BCUT2D eigenvalue weighted by Gasteiger charge is 2.34. The van der Waals surface area contributed by atoms with Gasteiger partial charge in [-0.05, 0) is 20.4 Å². The van der Waals surface area contributed by atoms with Gasteiger partial charge >= 0.3 is 0 Å². The van der Waals surface area contributed by atoms with Crippen LogP contribution in [0.4, 0.5) is 5.69 Å². The monoisotopic (exact) mass is 350 g/mol. The molecule has 2 atom stereocenters. The Kier molecular flexibility index (Phi) is 4.38. The lowest BCUT2D eigenvalue weighted by Gasteiger charge is -2.25. The van der Waals surface area contributed by atoms with E-state index in [2.05, 4.69) is 37.5 Å². The Bertz CT molecular complexity index is 823. The largest absolute Gasteiger partial charge is 0.487 e. The Morgan fingerprint density at radius 1 is 1.27 bits per heavy atom. The van der Waals surface area contributed by atoms with Crippen LogP contribution in [0.5, 0.6) is 5.75 Å². The molecule has 26 heavy (non-hydrogen) atoms.